The Kier molecular flexibility index (Phi) is 5.93. The van der Waals surface area contributed by atoms with Crippen molar-refractivity contribution in [1.82, 2.24) is 4.98 Å². The van der Waals surface area contributed by atoms with Crippen LogP contribution in [0.25, 0.3) is 6.08 Å². The Balaban J connectivity index is 1.86. The number of anilines is 4. The molecular formula is C22H18ClFN4. The van der Waals surface area contributed by atoms with Gasteiger partial charge < -0.3 is 10.6 Å². The van der Waals surface area contributed by atoms with Gasteiger partial charge >= 0.3 is 0 Å². The van der Waals surface area contributed by atoms with Gasteiger partial charge in [-0.1, -0.05) is 11.6 Å². The van der Waals surface area contributed by atoms with E-state index in [1.165, 1.54) is 12.1 Å². The summed E-state index contributed by atoms with van der Waals surface area (Å²) >= 11 is 5.88. The van der Waals surface area contributed by atoms with E-state index in [2.05, 4.69) is 15.6 Å². The summed E-state index contributed by atoms with van der Waals surface area (Å²) in [6, 6.07) is 15.8. The van der Waals surface area contributed by atoms with Crippen molar-refractivity contribution in [3.63, 3.8) is 0 Å². The summed E-state index contributed by atoms with van der Waals surface area (Å²) < 4.78 is 14.2. The zero-order valence-electron chi connectivity index (χ0n) is 15.4. The zero-order chi connectivity index (χ0) is 20.1. The van der Waals surface area contributed by atoms with Crippen LogP contribution in [0.15, 0.2) is 54.6 Å². The Bertz CT molecular complexity index is 1050. The minimum atomic E-state index is -0.453. The number of halogens is 2. The number of pyridine rings is 1. The van der Waals surface area contributed by atoms with Crippen LogP contribution < -0.4 is 10.6 Å². The van der Waals surface area contributed by atoms with Crippen LogP contribution in [0.5, 0.6) is 0 Å². The third-order valence-corrected chi connectivity index (χ3v) is 4.36. The fraction of sp³-hybridized carbons (Fsp3) is 0.0909. The van der Waals surface area contributed by atoms with Gasteiger partial charge in [0.2, 0.25) is 0 Å². The predicted octanol–water partition coefficient (Wildman–Crippen LogP) is 6.51. The molecule has 140 valence electrons. The van der Waals surface area contributed by atoms with E-state index in [4.69, 9.17) is 16.9 Å². The minimum Gasteiger partial charge on any atom is -0.340 e. The van der Waals surface area contributed by atoms with Gasteiger partial charge in [0.1, 0.15) is 5.82 Å². The summed E-state index contributed by atoms with van der Waals surface area (Å²) in [5.41, 5.74) is 4.52. The molecule has 0 aliphatic rings. The molecule has 3 aromatic rings. The van der Waals surface area contributed by atoms with Crippen LogP contribution in [-0.2, 0) is 0 Å². The third kappa shape index (κ3) is 4.67. The lowest BCUT2D eigenvalue weighted by atomic mass is 10.0. The summed E-state index contributed by atoms with van der Waals surface area (Å²) in [4.78, 5) is 4.35. The number of rotatable bonds is 5. The first kappa shape index (κ1) is 19.4. The van der Waals surface area contributed by atoms with Crippen molar-refractivity contribution in [2.45, 2.75) is 13.8 Å². The van der Waals surface area contributed by atoms with E-state index in [-0.39, 0.29) is 5.82 Å². The first-order valence-electron chi connectivity index (χ1n) is 8.60. The van der Waals surface area contributed by atoms with Crippen molar-refractivity contribution >= 4 is 40.7 Å². The number of nitriles is 1. The van der Waals surface area contributed by atoms with Gasteiger partial charge in [0.25, 0.3) is 0 Å². The van der Waals surface area contributed by atoms with E-state index in [1.54, 1.807) is 36.4 Å². The van der Waals surface area contributed by atoms with Gasteiger partial charge in [-0.15, -0.1) is 0 Å². The largest absolute Gasteiger partial charge is 0.340 e. The summed E-state index contributed by atoms with van der Waals surface area (Å²) in [6.45, 7) is 3.94. The Morgan fingerprint density at radius 2 is 1.71 bits per heavy atom. The Morgan fingerprint density at radius 1 is 1.04 bits per heavy atom. The molecule has 0 saturated heterocycles. The summed E-state index contributed by atoms with van der Waals surface area (Å²) in [5, 5.41) is 15.5. The smallest absolute Gasteiger partial charge is 0.168 e. The molecule has 0 atom stereocenters. The molecular weight excluding hydrogens is 375 g/mol. The number of benzene rings is 2. The summed E-state index contributed by atoms with van der Waals surface area (Å²) in [7, 11) is 0. The van der Waals surface area contributed by atoms with Crippen molar-refractivity contribution in [2.75, 3.05) is 10.6 Å². The lowest BCUT2D eigenvalue weighted by Crippen LogP contribution is -2.03. The van der Waals surface area contributed by atoms with Crippen LogP contribution in [0.3, 0.4) is 0 Å². The van der Waals surface area contributed by atoms with Gasteiger partial charge in [-0.05, 0) is 85.1 Å². The fourth-order valence-corrected chi connectivity index (χ4v) is 2.95. The van der Waals surface area contributed by atoms with Crippen LogP contribution in [0.2, 0.25) is 5.02 Å². The van der Waals surface area contributed by atoms with Crippen LogP contribution >= 0.6 is 11.6 Å². The molecule has 3 rings (SSSR count). The Labute approximate surface area is 168 Å². The number of aryl methyl sites for hydroxylation is 2. The van der Waals surface area contributed by atoms with Crippen molar-refractivity contribution in [1.29, 1.82) is 5.26 Å². The third-order valence-electron chi connectivity index (χ3n) is 4.11. The van der Waals surface area contributed by atoms with E-state index in [9.17, 15) is 4.39 Å². The molecule has 0 unspecified atom stereocenters. The number of hydrogen-bond donors (Lipinski definition) is 2. The van der Waals surface area contributed by atoms with E-state index >= 15 is 0 Å². The lowest BCUT2D eigenvalue weighted by Gasteiger charge is -2.15. The summed E-state index contributed by atoms with van der Waals surface area (Å²) in [5.74, 6) is 0.187. The molecule has 28 heavy (non-hydrogen) atoms. The van der Waals surface area contributed by atoms with Crippen LogP contribution in [0.1, 0.15) is 16.7 Å². The second-order valence-corrected chi connectivity index (χ2v) is 6.71. The SMILES string of the molecule is Cc1cc(/C=C/C#N)cc(C)c1Nc1ccc(F)c(Nc2ccc(Cl)cc2)n1. The number of nitrogens with zero attached hydrogens (tertiary/aromatic N) is 2. The molecule has 0 saturated carbocycles. The molecule has 0 fully saturated rings. The molecule has 0 aliphatic heterocycles. The van der Waals surface area contributed by atoms with Crippen molar-refractivity contribution in [3.05, 3.63) is 82.1 Å². The van der Waals surface area contributed by atoms with Gasteiger partial charge in [-0.3, -0.25) is 0 Å². The van der Waals surface area contributed by atoms with Crippen LogP contribution in [0, 0.1) is 31.0 Å². The normalized spacial score (nSPS) is 10.7. The highest BCUT2D eigenvalue weighted by molar-refractivity contribution is 6.30. The molecule has 0 spiro atoms. The molecule has 1 aromatic heterocycles. The van der Waals surface area contributed by atoms with Gasteiger partial charge in [0.15, 0.2) is 11.6 Å². The second-order valence-electron chi connectivity index (χ2n) is 6.28. The molecule has 4 nitrogen and oxygen atoms in total. The quantitative estimate of drug-likeness (QED) is 0.485. The number of allylic oxidation sites excluding steroid dienone is 1. The lowest BCUT2D eigenvalue weighted by molar-refractivity contribution is 0.627. The molecule has 0 aliphatic carbocycles. The molecule has 1 heterocycles. The highest BCUT2D eigenvalue weighted by Gasteiger charge is 2.09. The maximum absolute atomic E-state index is 14.2. The van der Waals surface area contributed by atoms with E-state index in [1.807, 2.05) is 32.0 Å². The maximum atomic E-state index is 14.2. The average Bonchev–Trinajstić information content (AvgIpc) is 2.67. The van der Waals surface area contributed by atoms with E-state index in [0.29, 0.717) is 16.5 Å². The number of hydrogen-bond acceptors (Lipinski definition) is 4. The highest BCUT2D eigenvalue weighted by atomic mass is 35.5. The monoisotopic (exact) mass is 392 g/mol. The highest BCUT2D eigenvalue weighted by Crippen LogP contribution is 2.28. The van der Waals surface area contributed by atoms with Crippen LogP contribution in [0.4, 0.5) is 27.4 Å². The zero-order valence-corrected chi connectivity index (χ0v) is 16.2. The average molecular weight is 393 g/mol. The van der Waals surface area contributed by atoms with E-state index < -0.39 is 5.82 Å². The van der Waals surface area contributed by atoms with Crippen molar-refractivity contribution in [3.8, 4) is 6.07 Å². The molecule has 0 bridgehead atoms. The summed E-state index contributed by atoms with van der Waals surface area (Å²) in [6.07, 6.45) is 3.20. The Morgan fingerprint density at radius 3 is 2.36 bits per heavy atom. The van der Waals surface area contributed by atoms with E-state index in [0.717, 1.165) is 22.4 Å². The molecule has 0 amide bonds. The number of nitrogens with one attached hydrogen (secondary N) is 2. The van der Waals surface area contributed by atoms with Crippen LogP contribution in [-0.4, -0.2) is 4.98 Å². The van der Waals surface area contributed by atoms with Gasteiger partial charge in [-0.2, -0.15) is 5.26 Å². The molecule has 6 heteroatoms. The first-order chi connectivity index (χ1) is 13.5. The van der Waals surface area contributed by atoms with Crippen molar-refractivity contribution < 1.29 is 4.39 Å². The fourth-order valence-electron chi connectivity index (χ4n) is 2.82. The van der Waals surface area contributed by atoms with Gasteiger partial charge in [0, 0.05) is 22.5 Å². The second kappa shape index (κ2) is 8.55. The van der Waals surface area contributed by atoms with Crippen molar-refractivity contribution in [2.24, 2.45) is 0 Å². The van der Waals surface area contributed by atoms with Gasteiger partial charge in [-0.25, -0.2) is 9.37 Å². The molecule has 0 radical (unpaired) electrons. The molecule has 2 N–H and O–H groups in total. The maximum Gasteiger partial charge on any atom is 0.168 e. The minimum absolute atomic E-state index is 0.121. The first-order valence-corrected chi connectivity index (χ1v) is 8.97. The topological polar surface area (TPSA) is 60.7 Å². The Hall–Kier alpha value is -3.36. The predicted molar refractivity (Wildman–Crippen MR) is 113 cm³/mol. The number of aromatic nitrogens is 1. The van der Waals surface area contributed by atoms with Gasteiger partial charge in [0.05, 0.1) is 6.07 Å². The standard InChI is InChI=1S/C22H18ClFN4/c1-14-12-16(4-3-11-25)13-15(2)21(14)27-20-10-9-19(24)22(28-20)26-18-7-5-17(23)6-8-18/h3-10,12-13H,1-2H3,(H2,26,27,28)/b4-3+. The molecule has 2 aromatic carbocycles.